The highest BCUT2D eigenvalue weighted by molar-refractivity contribution is 7.16. The van der Waals surface area contributed by atoms with E-state index < -0.39 is 0 Å². The van der Waals surface area contributed by atoms with Gasteiger partial charge in [0.15, 0.2) is 0 Å². The Balaban J connectivity index is 1.87. The standard InChI is InChI=1S/C16H26ClNS/c1-3-4-5-12-6-8-13(9-7-12)15(18)14-10-11(2)16(17)19-14/h10,12-13,15H,3-9,18H2,1-2H3. The molecule has 1 unspecified atom stereocenters. The van der Waals surface area contributed by atoms with Crippen molar-refractivity contribution in [3.63, 3.8) is 0 Å². The van der Waals surface area contributed by atoms with Crippen molar-refractivity contribution in [3.8, 4) is 0 Å². The molecular formula is C16H26ClNS. The van der Waals surface area contributed by atoms with Crippen LogP contribution in [0.4, 0.5) is 0 Å². The third kappa shape index (κ3) is 3.96. The number of unbranched alkanes of at least 4 members (excludes halogenated alkanes) is 1. The first-order chi connectivity index (χ1) is 9.11. The van der Waals surface area contributed by atoms with Crippen LogP contribution < -0.4 is 5.73 Å². The van der Waals surface area contributed by atoms with Gasteiger partial charge >= 0.3 is 0 Å². The Morgan fingerprint density at radius 3 is 2.58 bits per heavy atom. The molecule has 1 nitrogen and oxygen atoms in total. The van der Waals surface area contributed by atoms with Gasteiger partial charge in [-0.15, -0.1) is 11.3 Å². The molecule has 1 aliphatic carbocycles. The van der Waals surface area contributed by atoms with Crippen molar-refractivity contribution < 1.29 is 0 Å². The third-order valence-electron chi connectivity index (χ3n) is 4.57. The zero-order valence-electron chi connectivity index (χ0n) is 12.1. The molecule has 2 rings (SSSR count). The summed E-state index contributed by atoms with van der Waals surface area (Å²) in [6.07, 6.45) is 9.47. The average Bonchev–Trinajstić information content (AvgIpc) is 2.76. The predicted molar refractivity (Wildman–Crippen MR) is 86.0 cm³/mol. The van der Waals surface area contributed by atoms with Gasteiger partial charge in [-0.1, -0.05) is 50.6 Å². The third-order valence-corrected chi connectivity index (χ3v) is 6.23. The fraction of sp³-hybridized carbons (Fsp3) is 0.750. The lowest BCUT2D eigenvalue weighted by Crippen LogP contribution is -2.25. The van der Waals surface area contributed by atoms with Gasteiger partial charge in [-0.3, -0.25) is 0 Å². The number of nitrogens with two attached hydrogens (primary N) is 1. The van der Waals surface area contributed by atoms with E-state index in [0.717, 1.165) is 10.3 Å². The lowest BCUT2D eigenvalue weighted by atomic mass is 9.77. The van der Waals surface area contributed by atoms with E-state index >= 15 is 0 Å². The number of rotatable bonds is 5. The summed E-state index contributed by atoms with van der Waals surface area (Å²) in [6.45, 7) is 4.35. The molecule has 1 atom stereocenters. The lowest BCUT2D eigenvalue weighted by Gasteiger charge is -2.31. The molecule has 0 radical (unpaired) electrons. The van der Waals surface area contributed by atoms with Crippen molar-refractivity contribution in [1.82, 2.24) is 0 Å². The first-order valence-electron chi connectivity index (χ1n) is 7.63. The quantitative estimate of drug-likeness (QED) is 0.741. The molecule has 2 N–H and O–H groups in total. The van der Waals surface area contributed by atoms with Gasteiger partial charge in [0.05, 0.1) is 4.34 Å². The minimum absolute atomic E-state index is 0.198. The molecule has 0 saturated heterocycles. The van der Waals surface area contributed by atoms with Crippen molar-refractivity contribution >= 4 is 22.9 Å². The summed E-state index contributed by atoms with van der Waals surface area (Å²) in [5.41, 5.74) is 7.62. The summed E-state index contributed by atoms with van der Waals surface area (Å²) in [5.74, 6) is 1.61. The highest BCUT2D eigenvalue weighted by atomic mass is 35.5. The average molecular weight is 300 g/mol. The van der Waals surface area contributed by atoms with Crippen LogP contribution in [-0.2, 0) is 0 Å². The molecule has 0 aromatic carbocycles. The van der Waals surface area contributed by atoms with Crippen molar-refractivity contribution in [2.45, 2.75) is 64.8 Å². The molecule has 0 amide bonds. The van der Waals surface area contributed by atoms with Gasteiger partial charge < -0.3 is 5.73 Å². The van der Waals surface area contributed by atoms with E-state index in [1.54, 1.807) is 11.3 Å². The van der Waals surface area contributed by atoms with Crippen molar-refractivity contribution in [2.24, 2.45) is 17.6 Å². The van der Waals surface area contributed by atoms with Crippen LogP contribution in [0.5, 0.6) is 0 Å². The van der Waals surface area contributed by atoms with Gasteiger partial charge in [0.25, 0.3) is 0 Å². The van der Waals surface area contributed by atoms with E-state index in [4.69, 9.17) is 17.3 Å². The smallest absolute Gasteiger partial charge is 0.0960 e. The monoisotopic (exact) mass is 299 g/mol. The summed E-state index contributed by atoms with van der Waals surface area (Å²) >= 11 is 7.83. The zero-order chi connectivity index (χ0) is 13.8. The molecule has 3 heteroatoms. The maximum absolute atomic E-state index is 6.45. The van der Waals surface area contributed by atoms with E-state index in [2.05, 4.69) is 19.9 Å². The number of hydrogen-bond donors (Lipinski definition) is 1. The first kappa shape index (κ1) is 15.3. The Kier molecular flexibility index (Phi) is 5.73. The van der Waals surface area contributed by atoms with E-state index in [-0.39, 0.29) is 6.04 Å². The highest BCUT2D eigenvalue weighted by Crippen LogP contribution is 2.40. The van der Waals surface area contributed by atoms with E-state index in [0.29, 0.717) is 5.92 Å². The number of thiophene rings is 1. The van der Waals surface area contributed by atoms with Crippen LogP contribution in [0.3, 0.4) is 0 Å². The van der Waals surface area contributed by atoms with Gasteiger partial charge in [-0.25, -0.2) is 0 Å². The minimum atomic E-state index is 0.198. The molecule has 1 aliphatic rings. The molecule has 1 fully saturated rings. The number of halogens is 1. The molecule has 19 heavy (non-hydrogen) atoms. The van der Waals surface area contributed by atoms with Crippen LogP contribution in [0.25, 0.3) is 0 Å². The van der Waals surface area contributed by atoms with E-state index in [1.807, 2.05) is 0 Å². The Hall–Kier alpha value is -0.0500. The van der Waals surface area contributed by atoms with Crippen LogP contribution in [0.1, 0.15) is 68.4 Å². The molecule has 0 aliphatic heterocycles. The summed E-state index contributed by atoms with van der Waals surface area (Å²) < 4.78 is 0.905. The minimum Gasteiger partial charge on any atom is -0.323 e. The van der Waals surface area contributed by atoms with Gasteiger partial charge in [0.2, 0.25) is 0 Å². The van der Waals surface area contributed by atoms with Gasteiger partial charge in [-0.05, 0) is 43.2 Å². The highest BCUT2D eigenvalue weighted by Gasteiger charge is 2.27. The second-order valence-corrected chi connectivity index (χ2v) is 7.74. The Morgan fingerprint density at radius 2 is 2.05 bits per heavy atom. The Labute approximate surface area is 126 Å². The summed E-state index contributed by atoms with van der Waals surface area (Å²) in [6, 6.07) is 2.38. The largest absolute Gasteiger partial charge is 0.323 e. The molecule has 0 spiro atoms. The molecule has 1 aromatic heterocycles. The van der Waals surface area contributed by atoms with Gasteiger partial charge in [0.1, 0.15) is 0 Å². The Bertz CT molecular complexity index is 374. The molecule has 108 valence electrons. The molecule has 1 heterocycles. The van der Waals surface area contributed by atoms with Crippen molar-refractivity contribution in [1.29, 1.82) is 0 Å². The fourth-order valence-corrected chi connectivity index (χ4v) is 4.52. The second kappa shape index (κ2) is 7.10. The van der Waals surface area contributed by atoms with E-state index in [1.165, 1.54) is 55.4 Å². The molecule has 1 saturated carbocycles. The molecular weight excluding hydrogens is 274 g/mol. The fourth-order valence-electron chi connectivity index (χ4n) is 3.21. The van der Waals surface area contributed by atoms with Crippen LogP contribution in [0, 0.1) is 18.8 Å². The zero-order valence-corrected chi connectivity index (χ0v) is 13.7. The van der Waals surface area contributed by atoms with Crippen LogP contribution in [0.2, 0.25) is 4.34 Å². The maximum Gasteiger partial charge on any atom is 0.0960 e. The summed E-state index contributed by atoms with van der Waals surface area (Å²) in [7, 11) is 0. The second-order valence-electron chi connectivity index (χ2n) is 6.05. The predicted octanol–water partition coefficient (Wildman–Crippen LogP) is 5.71. The molecule has 0 bridgehead atoms. The normalized spacial score (nSPS) is 25.5. The van der Waals surface area contributed by atoms with Crippen LogP contribution >= 0.6 is 22.9 Å². The lowest BCUT2D eigenvalue weighted by molar-refractivity contribution is 0.234. The maximum atomic E-state index is 6.45. The van der Waals surface area contributed by atoms with Crippen molar-refractivity contribution in [3.05, 3.63) is 20.8 Å². The van der Waals surface area contributed by atoms with Gasteiger partial charge in [-0.2, -0.15) is 0 Å². The first-order valence-corrected chi connectivity index (χ1v) is 8.82. The summed E-state index contributed by atoms with van der Waals surface area (Å²) in [5, 5.41) is 0. The van der Waals surface area contributed by atoms with Crippen LogP contribution in [-0.4, -0.2) is 0 Å². The van der Waals surface area contributed by atoms with Gasteiger partial charge in [0, 0.05) is 10.9 Å². The number of aryl methyl sites for hydroxylation is 1. The van der Waals surface area contributed by atoms with Crippen molar-refractivity contribution in [2.75, 3.05) is 0 Å². The summed E-state index contributed by atoms with van der Waals surface area (Å²) in [4.78, 5) is 1.28. The van der Waals surface area contributed by atoms with Crippen LogP contribution in [0.15, 0.2) is 6.07 Å². The Morgan fingerprint density at radius 1 is 1.37 bits per heavy atom. The molecule has 1 aromatic rings. The van der Waals surface area contributed by atoms with E-state index in [9.17, 15) is 0 Å². The topological polar surface area (TPSA) is 26.0 Å². The SMILES string of the molecule is CCCCC1CCC(C(N)c2cc(C)c(Cl)s2)CC1. The number of hydrogen-bond acceptors (Lipinski definition) is 2.